The molecule has 25 heavy (non-hydrogen) atoms. The number of piperidine rings is 1. The molecule has 3 rings (SSSR count). The number of hydrogen-bond acceptors (Lipinski definition) is 3. The average Bonchev–Trinajstić information content (AvgIpc) is 3.08. The second kappa shape index (κ2) is 8.81. The van der Waals surface area contributed by atoms with Gasteiger partial charge in [0.1, 0.15) is 5.82 Å². The zero-order chi connectivity index (χ0) is 17.5. The minimum atomic E-state index is 0.0903. The first-order valence-electron chi connectivity index (χ1n) is 9.28. The van der Waals surface area contributed by atoms with Crippen LogP contribution in [0.1, 0.15) is 31.7 Å². The van der Waals surface area contributed by atoms with E-state index in [1.54, 1.807) is 6.20 Å². The van der Waals surface area contributed by atoms with E-state index in [1.807, 2.05) is 28.9 Å². The smallest absolute Gasteiger partial charge is 0.225 e. The van der Waals surface area contributed by atoms with Crippen LogP contribution in [0.25, 0.3) is 0 Å². The standard InChI is InChI=1S/C20H28N4O/c1-16(18-7-11-21-12-8-18)15-20(25)23-19-9-13-22-24(19)14-10-17-5-3-2-4-6-17/h2-6,9,13,16,18,21H,7-8,10-12,14-15H2,1H3,(H,23,25). The molecule has 1 amide bonds. The van der Waals surface area contributed by atoms with Crippen LogP contribution >= 0.6 is 0 Å². The number of nitrogens with one attached hydrogen (secondary N) is 2. The molecule has 1 saturated heterocycles. The molecule has 5 heteroatoms. The quantitative estimate of drug-likeness (QED) is 0.814. The van der Waals surface area contributed by atoms with Gasteiger partial charge in [0.05, 0.1) is 6.20 Å². The summed E-state index contributed by atoms with van der Waals surface area (Å²) in [6, 6.07) is 12.2. The van der Waals surface area contributed by atoms with Crippen LogP contribution in [-0.2, 0) is 17.8 Å². The maximum atomic E-state index is 12.4. The van der Waals surface area contributed by atoms with Crippen LogP contribution in [0.15, 0.2) is 42.6 Å². The van der Waals surface area contributed by atoms with Gasteiger partial charge in [0, 0.05) is 19.0 Å². The van der Waals surface area contributed by atoms with Crippen molar-refractivity contribution >= 4 is 11.7 Å². The summed E-state index contributed by atoms with van der Waals surface area (Å²) >= 11 is 0. The Hall–Kier alpha value is -2.14. The highest BCUT2D eigenvalue weighted by Gasteiger charge is 2.22. The molecule has 0 saturated carbocycles. The summed E-state index contributed by atoms with van der Waals surface area (Å²) < 4.78 is 1.88. The van der Waals surface area contributed by atoms with Crippen molar-refractivity contribution in [2.45, 2.75) is 39.2 Å². The highest BCUT2D eigenvalue weighted by atomic mass is 16.1. The number of anilines is 1. The number of nitrogens with zero attached hydrogens (tertiary/aromatic N) is 2. The van der Waals surface area contributed by atoms with Gasteiger partial charge in [-0.2, -0.15) is 5.10 Å². The number of hydrogen-bond donors (Lipinski definition) is 2. The number of rotatable bonds is 7. The third-order valence-corrected chi connectivity index (χ3v) is 5.14. The lowest BCUT2D eigenvalue weighted by atomic mass is 9.84. The second-order valence-electron chi connectivity index (χ2n) is 6.99. The van der Waals surface area contributed by atoms with Crippen molar-refractivity contribution in [2.24, 2.45) is 11.8 Å². The Morgan fingerprint density at radius 2 is 2.04 bits per heavy atom. The van der Waals surface area contributed by atoms with E-state index in [2.05, 4.69) is 34.8 Å². The van der Waals surface area contributed by atoms with Crippen molar-refractivity contribution in [1.29, 1.82) is 0 Å². The lowest BCUT2D eigenvalue weighted by Crippen LogP contribution is -2.32. The van der Waals surface area contributed by atoms with Crippen LogP contribution < -0.4 is 10.6 Å². The third-order valence-electron chi connectivity index (χ3n) is 5.14. The predicted octanol–water partition coefficient (Wildman–Crippen LogP) is 3.09. The van der Waals surface area contributed by atoms with Crippen LogP contribution in [0.2, 0.25) is 0 Å². The molecule has 2 N–H and O–H groups in total. The summed E-state index contributed by atoms with van der Waals surface area (Å²) in [7, 11) is 0. The maximum absolute atomic E-state index is 12.4. The number of amides is 1. The van der Waals surface area contributed by atoms with Crippen LogP contribution in [-0.4, -0.2) is 28.8 Å². The van der Waals surface area contributed by atoms with E-state index in [1.165, 1.54) is 18.4 Å². The normalized spacial score (nSPS) is 16.5. The lowest BCUT2D eigenvalue weighted by molar-refractivity contribution is -0.117. The summed E-state index contributed by atoms with van der Waals surface area (Å²) in [5.41, 5.74) is 1.27. The number of carbonyl (C=O) groups is 1. The molecule has 1 aromatic carbocycles. The predicted molar refractivity (Wildman–Crippen MR) is 100 cm³/mol. The molecule has 1 aromatic heterocycles. The molecule has 1 aliphatic heterocycles. The lowest BCUT2D eigenvalue weighted by Gasteiger charge is -2.27. The van der Waals surface area contributed by atoms with Gasteiger partial charge in [0.2, 0.25) is 5.91 Å². The first-order valence-corrected chi connectivity index (χ1v) is 9.28. The van der Waals surface area contributed by atoms with Gasteiger partial charge in [-0.15, -0.1) is 0 Å². The van der Waals surface area contributed by atoms with E-state index < -0.39 is 0 Å². The molecule has 2 aromatic rings. The molecule has 1 fully saturated rings. The van der Waals surface area contributed by atoms with Crippen LogP contribution in [0.4, 0.5) is 5.82 Å². The highest BCUT2D eigenvalue weighted by molar-refractivity contribution is 5.89. The monoisotopic (exact) mass is 340 g/mol. The average molecular weight is 340 g/mol. The van der Waals surface area contributed by atoms with E-state index in [0.29, 0.717) is 18.3 Å². The van der Waals surface area contributed by atoms with Gasteiger partial charge in [-0.25, -0.2) is 4.68 Å². The molecule has 0 radical (unpaired) electrons. The largest absolute Gasteiger partial charge is 0.317 e. The van der Waals surface area contributed by atoms with Gasteiger partial charge in [-0.1, -0.05) is 37.3 Å². The molecule has 1 unspecified atom stereocenters. The Morgan fingerprint density at radius 3 is 2.80 bits per heavy atom. The fourth-order valence-corrected chi connectivity index (χ4v) is 3.56. The zero-order valence-corrected chi connectivity index (χ0v) is 14.9. The highest BCUT2D eigenvalue weighted by Crippen LogP contribution is 2.24. The van der Waals surface area contributed by atoms with Crippen molar-refractivity contribution in [3.63, 3.8) is 0 Å². The topological polar surface area (TPSA) is 59.0 Å². The first-order chi connectivity index (χ1) is 12.2. The Bertz CT molecular complexity index is 661. The molecule has 0 bridgehead atoms. The van der Waals surface area contributed by atoms with E-state index in [-0.39, 0.29) is 5.91 Å². The molecule has 1 atom stereocenters. The molecule has 0 spiro atoms. The Balaban J connectivity index is 1.50. The zero-order valence-electron chi connectivity index (χ0n) is 14.9. The van der Waals surface area contributed by atoms with Crippen LogP contribution in [0, 0.1) is 11.8 Å². The summed E-state index contributed by atoms with van der Waals surface area (Å²) in [5.74, 6) is 1.95. The van der Waals surface area contributed by atoms with Crippen LogP contribution in [0.5, 0.6) is 0 Å². The number of aryl methyl sites for hydroxylation is 2. The Morgan fingerprint density at radius 1 is 1.28 bits per heavy atom. The Kier molecular flexibility index (Phi) is 6.23. The van der Waals surface area contributed by atoms with E-state index in [4.69, 9.17) is 0 Å². The van der Waals surface area contributed by atoms with Gasteiger partial charge in [-0.3, -0.25) is 4.79 Å². The fraction of sp³-hybridized carbons (Fsp3) is 0.500. The van der Waals surface area contributed by atoms with Gasteiger partial charge in [0.25, 0.3) is 0 Å². The molecule has 2 heterocycles. The van der Waals surface area contributed by atoms with Gasteiger partial charge < -0.3 is 10.6 Å². The SMILES string of the molecule is CC(CC(=O)Nc1ccnn1CCc1ccccc1)C1CCNCC1. The van der Waals surface area contributed by atoms with E-state index >= 15 is 0 Å². The molecule has 5 nitrogen and oxygen atoms in total. The molecule has 0 aliphatic carbocycles. The molecule has 134 valence electrons. The Labute approximate surface area is 149 Å². The molecule has 1 aliphatic rings. The van der Waals surface area contributed by atoms with Crippen molar-refractivity contribution in [3.05, 3.63) is 48.2 Å². The number of carbonyl (C=O) groups excluding carboxylic acids is 1. The van der Waals surface area contributed by atoms with E-state index in [0.717, 1.165) is 31.9 Å². The fourth-order valence-electron chi connectivity index (χ4n) is 3.56. The maximum Gasteiger partial charge on any atom is 0.225 e. The number of benzene rings is 1. The molecular weight excluding hydrogens is 312 g/mol. The second-order valence-corrected chi connectivity index (χ2v) is 6.99. The first kappa shape index (κ1) is 17.7. The van der Waals surface area contributed by atoms with Crippen molar-refractivity contribution in [3.8, 4) is 0 Å². The van der Waals surface area contributed by atoms with Crippen LogP contribution in [0.3, 0.4) is 0 Å². The minimum absolute atomic E-state index is 0.0903. The molecular formula is C20H28N4O. The van der Waals surface area contributed by atoms with Crippen molar-refractivity contribution in [2.75, 3.05) is 18.4 Å². The van der Waals surface area contributed by atoms with Gasteiger partial charge in [-0.05, 0) is 49.8 Å². The van der Waals surface area contributed by atoms with E-state index in [9.17, 15) is 4.79 Å². The van der Waals surface area contributed by atoms with Crippen molar-refractivity contribution in [1.82, 2.24) is 15.1 Å². The summed E-state index contributed by atoms with van der Waals surface area (Å²) in [5, 5.41) is 10.8. The van der Waals surface area contributed by atoms with Gasteiger partial charge >= 0.3 is 0 Å². The summed E-state index contributed by atoms with van der Waals surface area (Å²) in [4.78, 5) is 12.4. The minimum Gasteiger partial charge on any atom is -0.317 e. The summed E-state index contributed by atoms with van der Waals surface area (Å²) in [6.07, 6.45) is 5.56. The van der Waals surface area contributed by atoms with Gasteiger partial charge in [0.15, 0.2) is 0 Å². The van der Waals surface area contributed by atoms with Crippen molar-refractivity contribution < 1.29 is 4.79 Å². The number of aromatic nitrogens is 2. The third kappa shape index (κ3) is 5.16. The summed E-state index contributed by atoms with van der Waals surface area (Å²) in [6.45, 7) is 5.10.